The van der Waals surface area contributed by atoms with Crippen LogP contribution in [0.25, 0.3) is 0 Å². The number of carbonyl (C=O) groups excluding carboxylic acids is 1. The highest BCUT2D eigenvalue weighted by Gasteiger charge is 2.27. The molecule has 2 unspecified atom stereocenters. The Kier molecular flexibility index (Phi) is 4.37. The Morgan fingerprint density at radius 3 is 2.61 bits per heavy atom. The number of rotatable bonds is 4. The number of carbonyl (C=O) groups is 1. The summed E-state index contributed by atoms with van der Waals surface area (Å²) in [7, 11) is 0. The van der Waals surface area contributed by atoms with Crippen molar-refractivity contribution >= 4 is 5.91 Å². The molecule has 3 nitrogen and oxygen atoms in total. The van der Waals surface area contributed by atoms with Gasteiger partial charge in [0.15, 0.2) is 0 Å². The molecule has 1 aromatic rings. The van der Waals surface area contributed by atoms with Crippen molar-refractivity contribution in [2.24, 2.45) is 5.92 Å². The molecule has 0 saturated carbocycles. The smallest absolute Gasteiger partial charge is 0.237 e. The quantitative estimate of drug-likeness (QED) is 0.849. The number of hydrogen-bond acceptors (Lipinski definition) is 2. The molecule has 1 aliphatic heterocycles. The van der Waals surface area contributed by atoms with Crippen molar-refractivity contribution in [3.05, 3.63) is 35.9 Å². The van der Waals surface area contributed by atoms with Crippen molar-refractivity contribution in [2.75, 3.05) is 6.54 Å². The van der Waals surface area contributed by atoms with E-state index in [0.717, 1.165) is 19.4 Å². The van der Waals surface area contributed by atoms with Gasteiger partial charge in [-0.3, -0.25) is 4.79 Å². The summed E-state index contributed by atoms with van der Waals surface area (Å²) in [5, 5.41) is 6.48. The van der Waals surface area contributed by atoms with Gasteiger partial charge in [-0.25, -0.2) is 0 Å². The zero-order chi connectivity index (χ0) is 13.0. The first-order valence-electron chi connectivity index (χ1n) is 6.73. The molecular formula is C15H22N2O. The number of hydrogen-bond donors (Lipinski definition) is 2. The standard InChI is InChI=1S/C15H22N2O/c1-11(2)8-14-15(18)17-13(10-16-14)9-12-6-4-3-5-7-12/h3-7,11,13-14,16H,8-10H2,1-2H3,(H,17,18). The van der Waals surface area contributed by atoms with Gasteiger partial charge in [-0.1, -0.05) is 44.2 Å². The van der Waals surface area contributed by atoms with E-state index in [4.69, 9.17) is 0 Å². The van der Waals surface area contributed by atoms with Crippen molar-refractivity contribution in [3.63, 3.8) is 0 Å². The van der Waals surface area contributed by atoms with E-state index in [9.17, 15) is 4.79 Å². The molecular weight excluding hydrogens is 224 g/mol. The summed E-state index contributed by atoms with van der Waals surface area (Å²) < 4.78 is 0. The number of piperazine rings is 1. The van der Waals surface area contributed by atoms with Gasteiger partial charge in [0.25, 0.3) is 0 Å². The second kappa shape index (κ2) is 6.01. The Bertz CT molecular complexity index is 389. The molecule has 0 radical (unpaired) electrons. The first-order chi connectivity index (χ1) is 8.65. The molecule has 0 aromatic heterocycles. The predicted octanol–water partition coefficient (Wildman–Crippen LogP) is 1.73. The Balaban J connectivity index is 1.87. The molecule has 98 valence electrons. The topological polar surface area (TPSA) is 41.1 Å². The van der Waals surface area contributed by atoms with Crippen LogP contribution in [-0.2, 0) is 11.2 Å². The first kappa shape index (κ1) is 13.1. The molecule has 1 aliphatic rings. The van der Waals surface area contributed by atoms with Crippen LogP contribution in [0.3, 0.4) is 0 Å². The zero-order valence-corrected chi connectivity index (χ0v) is 11.1. The molecule has 0 spiro atoms. The van der Waals surface area contributed by atoms with Crippen molar-refractivity contribution in [1.82, 2.24) is 10.6 Å². The summed E-state index contributed by atoms with van der Waals surface area (Å²) in [5.74, 6) is 0.690. The minimum atomic E-state index is -0.0166. The van der Waals surface area contributed by atoms with Gasteiger partial charge in [0.05, 0.1) is 6.04 Å². The molecule has 1 heterocycles. The van der Waals surface area contributed by atoms with Crippen LogP contribution in [0.4, 0.5) is 0 Å². The summed E-state index contributed by atoms with van der Waals surface area (Å²) in [4.78, 5) is 12.0. The normalized spacial score (nSPS) is 24.1. The van der Waals surface area contributed by atoms with E-state index in [0.29, 0.717) is 5.92 Å². The van der Waals surface area contributed by atoms with E-state index in [2.05, 4.69) is 36.6 Å². The largest absolute Gasteiger partial charge is 0.350 e. The maximum atomic E-state index is 12.0. The minimum absolute atomic E-state index is 0.0166. The third-order valence-corrected chi connectivity index (χ3v) is 3.31. The Labute approximate surface area is 109 Å². The number of nitrogens with one attached hydrogen (secondary N) is 2. The molecule has 3 heteroatoms. The highest BCUT2D eigenvalue weighted by Crippen LogP contribution is 2.10. The maximum Gasteiger partial charge on any atom is 0.237 e. The molecule has 1 saturated heterocycles. The van der Waals surface area contributed by atoms with E-state index in [1.165, 1.54) is 5.56 Å². The third kappa shape index (κ3) is 3.57. The average Bonchev–Trinajstić information content (AvgIpc) is 2.33. The van der Waals surface area contributed by atoms with Gasteiger partial charge >= 0.3 is 0 Å². The predicted molar refractivity (Wildman–Crippen MR) is 73.3 cm³/mol. The van der Waals surface area contributed by atoms with Crippen LogP contribution in [0.15, 0.2) is 30.3 Å². The molecule has 1 fully saturated rings. The van der Waals surface area contributed by atoms with Gasteiger partial charge in [0.2, 0.25) is 5.91 Å². The van der Waals surface area contributed by atoms with E-state index >= 15 is 0 Å². The van der Waals surface area contributed by atoms with E-state index in [1.54, 1.807) is 0 Å². The fourth-order valence-electron chi connectivity index (χ4n) is 2.41. The second-order valence-electron chi connectivity index (χ2n) is 5.49. The Hall–Kier alpha value is -1.35. The fraction of sp³-hybridized carbons (Fsp3) is 0.533. The molecule has 0 bridgehead atoms. The lowest BCUT2D eigenvalue weighted by atomic mass is 9.98. The highest BCUT2D eigenvalue weighted by atomic mass is 16.2. The third-order valence-electron chi connectivity index (χ3n) is 3.31. The zero-order valence-electron chi connectivity index (χ0n) is 11.1. The van der Waals surface area contributed by atoms with Crippen LogP contribution in [0.5, 0.6) is 0 Å². The van der Waals surface area contributed by atoms with Crippen LogP contribution in [0, 0.1) is 5.92 Å². The summed E-state index contributed by atoms with van der Waals surface area (Å²) in [6.45, 7) is 5.15. The van der Waals surface area contributed by atoms with E-state index in [-0.39, 0.29) is 18.0 Å². The van der Waals surface area contributed by atoms with Crippen molar-refractivity contribution in [2.45, 2.75) is 38.8 Å². The molecule has 18 heavy (non-hydrogen) atoms. The number of amides is 1. The molecule has 0 aliphatic carbocycles. The van der Waals surface area contributed by atoms with Crippen LogP contribution in [0.1, 0.15) is 25.8 Å². The van der Waals surface area contributed by atoms with Crippen molar-refractivity contribution < 1.29 is 4.79 Å². The lowest BCUT2D eigenvalue weighted by Gasteiger charge is -2.31. The van der Waals surface area contributed by atoms with Crippen LogP contribution >= 0.6 is 0 Å². The van der Waals surface area contributed by atoms with E-state index < -0.39 is 0 Å². The van der Waals surface area contributed by atoms with Crippen LogP contribution in [0.2, 0.25) is 0 Å². The Morgan fingerprint density at radius 1 is 1.28 bits per heavy atom. The highest BCUT2D eigenvalue weighted by molar-refractivity contribution is 5.82. The van der Waals surface area contributed by atoms with E-state index in [1.807, 2.05) is 18.2 Å². The lowest BCUT2D eigenvalue weighted by Crippen LogP contribution is -2.59. The fourth-order valence-corrected chi connectivity index (χ4v) is 2.41. The minimum Gasteiger partial charge on any atom is -0.350 e. The van der Waals surface area contributed by atoms with Gasteiger partial charge in [-0.2, -0.15) is 0 Å². The molecule has 2 N–H and O–H groups in total. The van der Waals surface area contributed by atoms with Gasteiger partial charge in [-0.15, -0.1) is 0 Å². The Morgan fingerprint density at radius 2 is 2.00 bits per heavy atom. The van der Waals surface area contributed by atoms with Crippen molar-refractivity contribution in [1.29, 1.82) is 0 Å². The molecule has 2 atom stereocenters. The second-order valence-corrected chi connectivity index (χ2v) is 5.49. The van der Waals surface area contributed by atoms with Gasteiger partial charge in [-0.05, 0) is 24.3 Å². The SMILES string of the molecule is CC(C)CC1NCC(Cc2ccccc2)NC1=O. The molecule has 1 amide bonds. The molecule has 2 rings (SSSR count). The van der Waals surface area contributed by atoms with Gasteiger partial charge < -0.3 is 10.6 Å². The van der Waals surface area contributed by atoms with Gasteiger partial charge in [0.1, 0.15) is 0 Å². The first-order valence-corrected chi connectivity index (χ1v) is 6.73. The summed E-state index contributed by atoms with van der Waals surface area (Å²) in [6.07, 6.45) is 1.80. The maximum absolute atomic E-state index is 12.0. The monoisotopic (exact) mass is 246 g/mol. The van der Waals surface area contributed by atoms with Crippen LogP contribution in [-0.4, -0.2) is 24.5 Å². The molecule has 1 aromatic carbocycles. The lowest BCUT2D eigenvalue weighted by molar-refractivity contribution is -0.125. The van der Waals surface area contributed by atoms with Crippen molar-refractivity contribution in [3.8, 4) is 0 Å². The number of benzene rings is 1. The van der Waals surface area contributed by atoms with Crippen LogP contribution < -0.4 is 10.6 Å². The summed E-state index contributed by atoms with van der Waals surface area (Å²) in [6, 6.07) is 10.5. The average molecular weight is 246 g/mol. The summed E-state index contributed by atoms with van der Waals surface area (Å²) >= 11 is 0. The summed E-state index contributed by atoms with van der Waals surface area (Å²) in [5.41, 5.74) is 1.27. The van der Waals surface area contributed by atoms with Gasteiger partial charge in [0, 0.05) is 12.6 Å².